The quantitative estimate of drug-likeness (QED) is 0.365. The Morgan fingerprint density at radius 2 is 1.89 bits per heavy atom. The maximum Gasteiger partial charge on any atom is 0.205 e. The molecule has 2 aliphatic heterocycles. The second-order valence-corrected chi connectivity index (χ2v) is 8.55. The van der Waals surface area contributed by atoms with Crippen LogP contribution in [0.4, 0.5) is 5.13 Å². The Morgan fingerprint density at radius 1 is 1.21 bits per heavy atom. The van der Waals surface area contributed by atoms with Crippen LogP contribution in [0.15, 0.2) is 4.99 Å². The number of nitrogens with zero attached hydrogens (tertiary/aromatic N) is 6. The first-order valence-electron chi connectivity index (χ1n) is 10.4. The maximum absolute atomic E-state index is 4.62. The number of likely N-dealkylation sites (tertiary alicyclic amines) is 1. The molecule has 3 heterocycles. The molecule has 2 fully saturated rings. The Labute approximate surface area is 191 Å². The number of halogens is 1. The third-order valence-corrected chi connectivity index (χ3v) is 6.65. The Balaban J connectivity index is 0.00000280. The fourth-order valence-electron chi connectivity index (χ4n) is 3.80. The molecule has 1 aromatic heterocycles. The van der Waals surface area contributed by atoms with E-state index in [0.29, 0.717) is 6.04 Å². The third kappa shape index (κ3) is 6.16. The molecule has 3 rings (SSSR count). The number of anilines is 1. The van der Waals surface area contributed by atoms with Crippen LogP contribution in [-0.4, -0.2) is 84.0 Å². The lowest BCUT2D eigenvalue weighted by Gasteiger charge is -2.38. The van der Waals surface area contributed by atoms with Crippen molar-refractivity contribution < 1.29 is 0 Å². The van der Waals surface area contributed by atoms with Gasteiger partial charge in [0.1, 0.15) is 5.82 Å². The first kappa shape index (κ1) is 23.6. The molecule has 28 heavy (non-hydrogen) atoms. The summed E-state index contributed by atoms with van der Waals surface area (Å²) in [6, 6.07) is 0.546. The number of rotatable bonds is 5. The van der Waals surface area contributed by atoms with Gasteiger partial charge in [0.25, 0.3) is 0 Å². The number of aliphatic imine (C=N–C) groups is 1. The van der Waals surface area contributed by atoms with Crippen LogP contribution in [0.5, 0.6) is 0 Å². The number of hydrogen-bond acceptors (Lipinski definition) is 6. The van der Waals surface area contributed by atoms with Gasteiger partial charge in [-0.15, -0.1) is 24.0 Å². The zero-order chi connectivity index (χ0) is 19.2. The minimum absolute atomic E-state index is 0. The summed E-state index contributed by atoms with van der Waals surface area (Å²) in [5.41, 5.74) is 0. The molecule has 1 aromatic rings. The summed E-state index contributed by atoms with van der Waals surface area (Å²) in [6.45, 7) is 14.1. The van der Waals surface area contributed by atoms with E-state index in [2.05, 4.69) is 55.1 Å². The molecule has 2 aliphatic rings. The highest BCUT2D eigenvalue weighted by Gasteiger charge is 2.24. The summed E-state index contributed by atoms with van der Waals surface area (Å²) < 4.78 is 4.41. The molecule has 0 aromatic carbocycles. The molecule has 0 bridgehead atoms. The highest BCUT2D eigenvalue weighted by molar-refractivity contribution is 14.0. The van der Waals surface area contributed by atoms with Gasteiger partial charge in [0.05, 0.1) is 0 Å². The normalized spacial score (nSPS) is 20.8. The first-order chi connectivity index (χ1) is 13.1. The summed E-state index contributed by atoms with van der Waals surface area (Å²) in [4.78, 5) is 16.5. The van der Waals surface area contributed by atoms with Crippen molar-refractivity contribution in [2.24, 2.45) is 10.9 Å². The van der Waals surface area contributed by atoms with Gasteiger partial charge >= 0.3 is 0 Å². The predicted molar refractivity (Wildman–Crippen MR) is 129 cm³/mol. The molecular formula is C19H36IN7S. The lowest BCUT2D eigenvalue weighted by Crippen LogP contribution is -2.54. The summed E-state index contributed by atoms with van der Waals surface area (Å²) in [5.74, 6) is 2.86. The van der Waals surface area contributed by atoms with Gasteiger partial charge in [0.2, 0.25) is 5.13 Å². The van der Waals surface area contributed by atoms with Crippen molar-refractivity contribution in [2.75, 3.05) is 57.8 Å². The number of aryl methyl sites for hydroxylation is 1. The van der Waals surface area contributed by atoms with E-state index in [9.17, 15) is 0 Å². The summed E-state index contributed by atoms with van der Waals surface area (Å²) in [7, 11) is 1.89. The third-order valence-electron chi connectivity index (χ3n) is 5.83. The van der Waals surface area contributed by atoms with Crippen LogP contribution < -0.4 is 10.2 Å². The van der Waals surface area contributed by atoms with Crippen LogP contribution in [-0.2, 0) is 6.42 Å². The van der Waals surface area contributed by atoms with E-state index < -0.39 is 0 Å². The summed E-state index contributed by atoms with van der Waals surface area (Å²) in [6.07, 6.45) is 3.56. The van der Waals surface area contributed by atoms with Gasteiger partial charge in [-0.05, 0) is 38.8 Å². The molecule has 0 saturated carbocycles. The molecule has 7 nitrogen and oxygen atoms in total. The minimum Gasteiger partial charge on any atom is -0.355 e. The molecule has 1 N–H and O–H groups in total. The molecule has 0 radical (unpaired) electrons. The average molecular weight is 522 g/mol. The van der Waals surface area contributed by atoms with E-state index in [-0.39, 0.29) is 24.0 Å². The molecular weight excluding hydrogens is 485 g/mol. The molecule has 9 heteroatoms. The molecule has 2 saturated heterocycles. The van der Waals surface area contributed by atoms with Crippen molar-refractivity contribution in [3.63, 3.8) is 0 Å². The fraction of sp³-hybridized carbons (Fsp3) is 0.842. The van der Waals surface area contributed by atoms with Crippen LogP contribution in [0.25, 0.3) is 0 Å². The Kier molecular flexibility index (Phi) is 9.68. The lowest BCUT2D eigenvalue weighted by molar-refractivity contribution is 0.147. The van der Waals surface area contributed by atoms with Gasteiger partial charge in [-0.25, -0.2) is 4.98 Å². The summed E-state index contributed by atoms with van der Waals surface area (Å²) >= 11 is 1.52. The van der Waals surface area contributed by atoms with Crippen LogP contribution in [0, 0.1) is 5.92 Å². The van der Waals surface area contributed by atoms with Crippen LogP contribution in [0.1, 0.15) is 39.4 Å². The van der Waals surface area contributed by atoms with Crippen molar-refractivity contribution in [1.29, 1.82) is 0 Å². The molecule has 1 atom stereocenters. The fourth-order valence-corrected chi connectivity index (χ4v) is 4.60. The second-order valence-electron chi connectivity index (χ2n) is 7.82. The van der Waals surface area contributed by atoms with Crippen LogP contribution in [0.2, 0.25) is 0 Å². The van der Waals surface area contributed by atoms with E-state index >= 15 is 0 Å². The number of piperazine rings is 1. The molecule has 0 spiro atoms. The average Bonchev–Trinajstić information content (AvgIpc) is 3.18. The van der Waals surface area contributed by atoms with Gasteiger partial charge in [-0.2, -0.15) is 4.37 Å². The number of hydrogen-bond donors (Lipinski definition) is 1. The van der Waals surface area contributed by atoms with E-state index in [1.54, 1.807) is 0 Å². The maximum atomic E-state index is 4.62. The predicted octanol–water partition coefficient (Wildman–Crippen LogP) is 2.54. The Morgan fingerprint density at radius 3 is 2.46 bits per heavy atom. The van der Waals surface area contributed by atoms with Crippen molar-refractivity contribution >= 4 is 46.6 Å². The van der Waals surface area contributed by atoms with Crippen molar-refractivity contribution in [3.05, 3.63) is 5.82 Å². The van der Waals surface area contributed by atoms with E-state index in [1.807, 2.05) is 7.05 Å². The molecule has 0 amide bonds. The number of nitrogens with one attached hydrogen (secondary N) is 1. The standard InChI is InChI=1S/C19H35N7S.HI/c1-5-17-22-19(27-23-17)26-12-10-25(11-13-26)18(20-4)21-14-16(3)24-8-6-15(2)7-9-24;/h15-16H,5-14H2,1-4H3,(H,20,21);1H. The Hall–Kier alpha value is -0.680. The van der Waals surface area contributed by atoms with E-state index in [0.717, 1.165) is 62.0 Å². The molecule has 160 valence electrons. The van der Waals surface area contributed by atoms with Gasteiger partial charge in [0.15, 0.2) is 5.96 Å². The first-order valence-corrected chi connectivity index (χ1v) is 11.1. The number of piperidine rings is 1. The van der Waals surface area contributed by atoms with Crippen LogP contribution >= 0.6 is 35.5 Å². The van der Waals surface area contributed by atoms with E-state index in [1.165, 1.54) is 37.5 Å². The molecule has 1 unspecified atom stereocenters. The zero-order valence-electron chi connectivity index (χ0n) is 17.7. The molecule has 0 aliphatic carbocycles. The van der Waals surface area contributed by atoms with E-state index in [4.69, 9.17) is 0 Å². The van der Waals surface area contributed by atoms with Gasteiger partial charge < -0.3 is 15.1 Å². The van der Waals surface area contributed by atoms with Gasteiger partial charge in [-0.3, -0.25) is 9.89 Å². The topological polar surface area (TPSA) is 59.9 Å². The van der Waals surface area contributed by atoms with Gasteiger partial charge in [-0.1, -0.05) is 13.8 Å². The van der Waals surface area contributed by atoms with Gasteiger partial charge in [0, 0.05) is 63.8 Å². The number of guanidine groups is 1. The number of aromatic nitrogens is 2. The summed E-state index contributed by atoms with van der Waals surface area (Å²) in [5, 5.41) is 4.66. The van der Waals surface area contributed by atoms with Crippen molar-refractivity contribution in [1.82, 2.24) is 24.5 Å². The highest BCUT2D eigenvalue weighted by Crippen LogP contribution is 2.20. The van der Waals surface area contributed by atoms with Crippen molar-refractivity contribution in [3.8, 4) is 0 Å². The Bertz CT molecular complexity index is 607. The lowest BCUT2D eigenvalue weighted by atomic mass is 9.98. The highest BCUT2D eigenvalue weighted by atomic mass is 127. The largest absolute Gasteiger partial charge is 0.355 e. The van der Waals surface area contributed by atoms with Crippen LogP contribution in [0.3, 0.4) is 0 Å². The zero-order valence-corrected chi connectivity index (χ0v) is 20.9. The SMILES string of the molecule is CCc1nsc(N2CCN(C(=NC)NCC(C)N3CCC(C)CC3)CC2)n1.I. The minimum atomic E-state index is 0. The second kappa shape index (κ2) is 11.5. The van der Waals surface area contributed by atoms with Crippen molar-refractivity contribution in [2.45, 2.75) is 46.1 Å². The smallest absolute Gasteiger partial charge is 0.205 e. The monoisotopic (exact) mass is 521 g/mol.